The quantitative estimate of drug-likeness (QED) is 0.898. The minimum absolute atomic E-state index is 0.00835. The van der Waals surface area contributed by atoms with Crippen molar-refractivity contribution in [3.63, 3.8) is 0 Å². The normalized spacial score (nSPS) is 21.9. The van der Waals surface area contributed by atoms with Crippen LogP contribution in [0.15, 0.2) is 24.3 Å². The molecule has 4 nitrogen and oxygen atoms in total. The maximum absolute atomic E-state index is 12.3. The van der Waals surface area contributed by atoms with Crippen LogP contribution in [0.1, 0.15) is 51.2 Å². The molecule has 2 amide bonds. The van der Waals surface area contributed by atoms with Crippen molar-refractivity contribution in [2.24, 2.45) is 5.92 Å². The van der Waals surface area contributed by atoms with E-state index in [2.05, 4.69) is 29.7 Å². The van der Waals surface area contributed by atoms with Crippen molar-refractivity contribution < 1.29 is 9.59 Å². The van der Waals surface area contributed by atoms with Gasteiger partial charge >= 0.3 is 0 Å². The fourth-order valence-electron chi connectivity index (χ4n) is 2.70. The molecule has 0 spiro atoms. The summed E-state index contributed by atoms with van der Waals surface area (Å²) in [5.41, 5.74) is 2.18. The topological polar surface area (TPSA) is 58.2 Å². The van der Waals surface area contributed by atoms with Gasteiger partial charge in [-0.15, -0.1) is 0 Å². The Morgan fingerprint density at radius 1 is 1.23 bits per heavy atom. The van der Waals surface area contributed by atoms with Crippen LogP contribution in [0.2, 0.25) is 0 Å². The molecule has 120 valence electrons. The molecule has 1 fully saturated rings. The summed E-state index contributed by atoms with van der Waals surface area (Å²) in [6.45, 7) is 9.57. The highest BCUT2D eigenvalue weighted by Gasteiger charge is 2.45. The van der Waals surface area contributed by atoms with E-state index >= 15 is 0 Å². The van der Waals surface area contributed by atoms with Crippen LogP contribution >= 0.6 is 0 Å². The summed E-state index contributed by atoms with van der Waals surface area (Å²) in [6.07, 6.45) is 0.865. The van der Waals surface area contributed by atoms with E-state index in [1.165, 1.54) is 11.1 Å². The van der Waals surface area contributed by atoms with Crippen LogP contribution in [0.5, 0.6) is 0 Å². The van der Waals surface area contributed by atoms with E-state index in [0.717, 1.165) is 6.42 Å². The fraction of sp³-hybridized carbons (Fsp3) is 0.556. The summed E-state index contributed by atoms with van der Waals surface area (Å²) in [7, 11) is 0. The van der Waals surface area contributed by atoms with Crippen LogP contribution < -0.4 is 10.6 Å². The number of hydrogen-bond donors (Lipinski definition) is 2. The summed E-state index contributed by atoms with van der Waals surface area (Å²) in [6, 6.07) is 7.67. The van der Waals surface area contributed by atoms with Crippen LogP contribution in [0, 0.1) is 12.8 Å². The van der Waals surface area contributed by atoms with Gasteiger partial charge < -0.3 is 10.6 Å². The Balaban J connectivity index is 1.89. The maximum Gasteiger partial charge on any atom is 0.242 e. The van der Waals surface area contributed by atoms with Crippen molar-refractivity contribution in [1.29, 1.82) is 0 Å². The van der Waals surface area contributed by atoms with Crippen molar-refractivity contribution in [2.75, 3.05) is 0 Å². The summed E-state index contributed by atoms with van der Waals surface area (Å²) in [5, 5.41) is 5.71. The zero-order valence-electron chi connectivity index (χ0n) is 14.1. The van der Waals surface area contributed by atoms with Crippen LogP contribution in [-0.4, -0.2) is 23.4 Å². The predicted molar refractivity (Wildman–Crippen MR) is 87.5 cm³/mol. The molecule has 4 heteroatoms. The van der Waals surface area contributed by atoms with Crippen LogP contribution in [0.25, 0.3) is 0 Å². The van der Waals surface area contributed by atoms with Gasteiger partial charge in [0.1, 0.15) is 6.04 Å². The molecule has 1 aliphatic carbocycles. The third kappa shape index (κ3) is 4.09. The number of rotatable bonds is 4. The summed E-state index contributed by atoms with van der Waals surface area (Å²) >= 11 is 0. The lowest BCUT2D eigenvalue weighted by Crippen LogP contribution is -2.51. The van der Waals surface area contributed by atoms with E-state index in [-0.39, 0.29) is 23.3 Å². The summed E-state index contributed by atoms with van der Waals surface area (Å²) in [5.74, 6) is 0.115. The zero-order valence-corrected chi connectivity index (χ0v) is 14.1. The maximum atomic E-state index is 12.3. The Hall–Kier alpha value is -1.84. The highest BCUT2D eigenvalue weighted by molar-refractivity contribution is 5.90. The minimum Gasteiger partial charge on any atom is -0.350 e. The van der Waals surface area contributed by atoms with Gasteiger partial charge in [0.15, 0.2) is 0 Å². The Kier molecular flexibility index (Phi) is 4.59. The minimum atomic E-state index is -0.509. The molecule has 0 aromatic heterocycles. The van der Waals surface area contributed by atoms with E-state index in [9.17, 15) is 9.59 Å². The number of carbonyl (C=O) groups excluding carboxylic acids is 2. The van der Waals surface area contributed by atoms with Crippen LogP contribution in [0.3, 0.4) is 0 Å². The van der Waals surface area contributed by atoms with Gasteiger partial charge in [-0.3, -0.25) is 9.59 Å². The lowest BCUT2D eigenvalue weighted by Gasteiger charge is -2.23. The molecule has 1 aromatic rings. The van der Waals surface area contributed by atoms with Gasteiger partial charge in [0.05, 0.1) is 0 Å². The molecule has 1 saturated carbocycles. The molecule has 2 rings (SSSR count). The van der Waals surface area contributed by atoms with E-state index in [4.69, 9.17) is 0 Å². The highest BCUT2D eigenvalue weighted by Crippen LogP contribution is 2.48. The van der Waals surface area contributed by atoms with Crippen molar-refractivity contribution in [1.82, 2.24) is 10.6 Å². The second-order valence-corrected chi connectivity index (χ2v) is 7.27. The summed E-state index contributed by atoms with van der Waals surface area (Å²) in [4.78, 5) is 24.3. The number of aryl methyl sites for hydroxylation is 1. The fourth-order valence-corrected chi connectivity index (χ4v) is 2.70. The molecule has 0 aliphatic heterocycles. The zero-order chi connectivity index (χ0) is 16.5. The molecule has 0 saturated heterocycles. The number of nitrogens with one attached hydrogen (secondary N) is 2. The van der Waals surface area contributed by atoms with Crippen molar-refractivity contribution >= 4 is 11.8 Å². The first-order chi connectivity index (χ1) is 10.2. The molecular weight excluding hydrogens is 276 g/mol. The largest absolute Gasteiger partial charge is 0.350 e. The predicted octanol–water partition coefficient (Wildman–Crippen LogP) is 2.52. The number of hydrogen-bond acceptors (Lipinski definition) is 2. The SMILES string of the molecule is Cc1ccccc1[C@@H]1C[C@H]1C(=O)N[C@H](C)C(=O)NC(C)(C)C. The third-order valence-electron chi connectivity index (χ3n) is 3.97. The van der Waals surface area contributed by atoms with E-state index in [0.29, 0.717) is 5.92 Å². The summed E-state index contributed by atoms with van der Waals surface area (Å²) < 4.78 is 0. The molecule has 0 radical (unpaired) electrons. The molecule has 3 atom stereocenters. The van der Waals surface area contributed by atoms with Crippen molar-refractivity contribution in [3.05, 3.63) is 35.4 Å². The molecular formula is C18H26N2O2. The lowest BCUT2D eigenvalue weighted by molar-refractivity contribution is -0.130. The van der Waals surface area contributed by atoms with Gasteiger partial charge in [-0.05, 0) is 58.1 Å². The molecule has 2 N–H and O–H groups in total. The first-order valence-electron chi connectivity index (χ1n) is 7.87. The van der Waals surface area contributed by atoms with Gasteiger partial charge in [0, 0.05) is 11.5 Å². The molecule has 0 unspecified atom stereocenters. The molecule has 0 heterocycles. The Morgan fingerprint density at radius 3 is 2.45 bits per heavy atom. The van der Waals surface area contributed by atoms with Crippen molar-refractivity contribution in [2.45, 2.75) is 58.5 Å². The molecule has 0 bridgehead atoms. The van der Waals surface area contributed by atoms with Gasteiger partial charge in [0.2, 0.25) is 11.8 Å². The van der Waals surface area contributed by atoms with Gasteiger partial charge in [-0.1, -0.05) is 24.3 Å². The second kappa shape index (κ2) is 6.11. The number of carbonyl (C=O) groups is 2. The average Bonchev–Trinajstić information content (AvgIpc) is 3.17. The number of amides is 2. The Morgan fingerprint density at radius 2 is 1.86 bits per heavy atom. The molecule has 1 aromatic carbocycles. The van der Waals surface area contributed by atoms with Gasteiger partial charge in [-0.25, -0.2) is 0 Å². The first-order valence-corrected chi connectivity index (χ1v) is 7.87. The Bertz CT molecular complexity index is 575. The van der Waals surface area contributed by atoms with Gasteiger partial charge in [0.25, 0.3) is 0 Å². The van der Waals surface area contributed by atoms with Crippen molar-refractivity contribution in [3.8, 4) is 0 Å². The van der Waals surface area contributed by atoms with E-state index in [1.807, 2.05) is 32.9 Å². The molecule has 22 heavy (non-hydrogen) atoms. The third-order valence-corrected chi connectivity index (χ3v) is 3.97. The lowest BCUT2D eigenvalue weighted by atomic mass is 10.0. The standard InChI is InChI=1S/C18H26N2O2/c1-11-8-6-7-9-13(11)14-10-15(14)17(22)19-12(2)16(21)20-18(3,4)5/h6-9,12,14-15H,10H2,1-5H3,(H,19,22)(H,20,21)/t12-,14+,15-/m1/s1. The highest BCUT2D eigenvalue weighted by atomic mass is 16.2. The van der Waals surface area contributed by atoms with E-state index < -0.39 is 6.04 Å². The monoisotopic (exact) mass is 302 g/mol. The molecule has 1 aliphatic rings. The smallest absolute Gasteiger partial charge is 0.242 e. The van der Waals surface area contributed by atoms with Crippen LogP contribution in [0.4, 0.5) is 0 Å². The van der Waals surface area contributed by atoms with Crippen LogP contribution in [-0.2, 0) is 9.59 Å². The average molecular weight is 302 g/mol. The van der Waals surface area contributed by atoms with E-state index in [1.54, 1.807) is 6.92 Å². The second-order valence-electron chi connectivity index (χ2n) is 7.27. The van der Waals surface area contributed by atoms with Gasteiger partial charge in [-0.2, -0.15) is 0 Å². The Labute approximate surface area is 132 Å². The first kappa shape index (κ1) is 16.5. The number of benzene rings is 1.